The lowest BCUT2D eigenvalue weighted by Crippen LogP contribution is -2.28. The van der Waals surface area contributed by atoms with E-state index in [0.29, 0.717) is 0 Å². The van der Waals surface area contributed by atoms with Crippen molar-refractivity contribution >= 4 is 33.9 Å². The van der Waals surface area contributed by atoms with Crippen LogP contribution in [0, 0.1) is 0 Å². The number of carboxylic acids is 1. The second-order valence-corrected chi connectivity index (χ2v) is 4.74. The molecule has 1 rings (SSSR count). The van der Waals surface area contributed by atoms with Gasteiger partial charge in [0.1, 0.15) is 0 Å². The van der Waals surface area contributed by atoms with Crippen LogP contribution in [0.15, 0.2) is 34.8 Å². The van der Waals surface area contributed by atoms with E-state index >= 15 is 0 Å². The van der Waals surface area contributed by atoms with Gasteiger partial charge in [-0.1, -0.05) is 28.1 Å². The summed E-state index contributed by atoms with van der Waals surface area (Å²) in [5.74, 6) is -1.63. The Morgan fingerprint density at radius 3 is 2.79 bits per heavy atom. The van der Waals surface area contributed by atoms with Gasteiger partial charge in [-0.3, -0.25) is 4.79 Å². The number of benzene rings is 1. The predicted molar refractivity (Wildman–Crippen MR) is 74.4 cm³/mol. The Labute approximate surface area is 119 Å². The number of hydrogen-bond acceptors (Lipinski definition) is 3. The number of aliphatic hydroxyl groups excluding tert-OH is 1. The van der Waals surface area contributed by atoms with Crippen molar-refractivity contribution in [3.63, 3.8) is 0 Å². The molecule has 1 unspecified atom stereocenters. The summed E-state index contributed by atoms with van der Waals surface area (Å²) in [5, 5.41) is 19.9. The molecule has 102 valence electrons. The minimum absolute atomic E-state index is 0.0220. The molecule has 0 aromatic heterocycles. The monoisotopic (exact) mass is 327 g/mol. The topological polar surface area (TPSA) is 86.6 Å². The molecule has 0 bridgehead atoms. The number of aliphatic hydroxyl groups is 1. The number of nitrogens with one attached hydrogen (secondary N) is 1. The molecule has 0 heterocycles. The highest BCUT2D eigenvalue weighted by Crippen LogP contribution is 2.12. The smallest absolute Gasteiger partial charge is 0.332 e. The van der Waals surface area contributed by atoms with Crippen LogP contribution in [0.1, 0.15) is 12.0 Å². The van der Waals surface area contributed by atoms with Gasteiger partial charge in [-0.25, -0.2) is 4.79 Å². The molecular weight excluding hydrogens is 314 g/mol. The molecule has 0 aliphatic rings. The second-order valence-electron chi connectivity index (χ2n) is 3.82. The SMILES string of the molecule is O=C(/C=C/c1cccc(Br)c1)NCCC(O)C(=O)O. The molecule has 0 fully saturated rings. The molecule has 5 nitrogen and oxygen atoms in total. The predicted octanol–water partition coefficient (Wildman–Crippen LogP) is 1.41. The van der Waals surface area contributed by atoms with Gasteiger partial charge < -0.3 is 15.5 Å². The van der Waals surface area contributed by atoms with Gasteiger partial charge in [-0.15, -0.1) is 0 Å². The lowest BCUT2D eigenvalue weighted by molar-refractivity contribution is -0.147. The van der Waals surface area contributed by atoms with Crippen LogP contribution in [-0.2, 0) is 9.59 Å². The van der Waals surface area contributed by atoms with Gasteiger partial charge in [0.25, 0.3) is 0 Å². The molecule has 3 N–H and O–H groups in total. The van der Waals surface area contributed by atoms with E-state index in [4.69, 9.17) is 10.2 Å². The quantitative estimate of drug-likeness (QED) is 0.689. The molecule has 6 heteroatoms. The zero-order valence-corrected chi connectivity index (χ0v) is 11.6. The number of aliphatic carboxylic acids is 1. The third kappa shape index (κ3) is 6.17. The Bertz CT molecular complexity index is 487. The van der Waals surface area contributed by atoms with Crippen LogP contribution in [0.4, 0.5) is 0 Å². The third-order valence-corrected chi connectivity index (χ3v) is 2.77. The van der Waals surface area contributed by atoms with Crippen molar-refractivity contribution in [3.05, 3.63) is 40.4 Å². The van der Waals surface area contributed by atoms with Gasteiger partial charge in [0.2, 0.25) is 5.91 Å². The van der Waals surface area contributed by atoms with Crippen LogP contribution in [0.2, 0.25) is 0 Å². The summed E-state index contributed by atoms with van der Waals surface area (Å²) < 4.78 is 0.916. The fourth-order valence-electron chi connectivity index (χ4n) is 1.30. The van der Waals surface area contributed by atoms with E-state index in [9.17, 15) is 9.59 Å². The number of amides is 1. The minimum atomic E-state index is -1.45. The molecule has 0 radical (unpaired) electrons. The molecule has 19 heavy (non-hydrogen) atoms. The first-order chi connectivity index (χ1) is 8.99. The second kappa shape index (κ2) is 7.70. The zero-order valence-electron chi connectivity index (χ0n) is 10.0. The number of carbonyl (C=O) groups is 2. The molecule has 1 aromatic carbocycles. The summed E-state index contributed by atoms with van der Waals surface area (Å²) in [5.41, 5.74) is 0.870. The van der Waals surface area contributed by atoms with Crippen LogP contribution >= 0.6 is 15.9 Å². The van der Waals surface area contributed by atoms with Crippen LogP contribution < -0.4 is 5.32 Å². The maximum Gasteiger partial charge on any atom is 0.332 e. The largest absolute Gasteiger partial charge is 0.479 e. The van der Waals surface area contributed by atoms with E-state index in [2.05, 4.69) is 21.2 Å². The first-order valence-corrected chi connectivity index (χ1v) is 6.40. The molecule has 0 aliphatic carbocycles. The van der Waals surface area contributed by atoms with Crippen molar-refractivity contribution in [1.82, 2.24) is 5.32 Å². The summed E-state index contributed by atoms with van der Waals surface area (Å²) in [6, 6.07) is 7.44. The molecule has 0 saturated carbocycles. The van der Waals surface area contributed by atoms with Crippen molar-refractivity contribution in [1.29, 1.82) is 0 Å². The van der Waals surface area contributed by atoms with Gasteiger partial charge in [0.15, 0.2) is 6.10 Å². The van der Waals surface area contributed by atoms with Crippen molar-refractivity contribution in [2.24, 2.45) is 0 Å². The molecule has 0 aliphatic heterocycles. The number of rotatable bonds is 6. The maximum absolute atomic E-state index is 11.4. The Morgan fingerprint density at radius 2 is 2.16 bits per heavy atom. The van der Waals surface area contributed by atoms with Gasteiger partial charge in [0.05, 0.1) is 0 Å². The van der Waals surface area contributed by atoms with E-state index in [1.54, 1.807) is 6.08 Å². The average Bonchev–Trinajstić information content (AvgIpc) is 2.36. The normalized spacial score (nSPS) is 12.3. The molecule has 1 amide bonds. The minimum Gasteiger partial charge on any atom is -0.479 e. The average molecular weight is 328 g/mol. The van der Waals surface area contributed by atoms with Crippen molar-refractivity contribution < 1.29 is 19.8 Å². The van der Waals surface area contributed by atoms with E-state index in [-0.39, 0.29) is 18.9 Å². The van der Waals surface area contributed by atoms with E-state index in [1.807, 2.05) is 24.3 Å². The number of carbonyl (C=O) groups excluding carboxylic acids is 1. The standard InChI is InChI=1S/C13H14BrNO4/c14-10-3-1-2-9(8-10)4-5-12(17)15-7-6-11(16)13(18)19/h1-5,8,11,16H,6-7H2,(H,15,17)(H,18,19)/b5-4+. The Balaban J connectivity index is 2.37. The maximum atomic E-state index is 11.4. The summed E-state index contributed by atoms with van der Waals surface area (Å²) >= 11 is 3.32. The van der Waals surface area contributed by atoms with Gasteiger partial charge in [-0.2, -0.15) is 0 Å². The summed E-state index contributed by atoms with van der Waals surface area (Å²) in [6.45, 7) is 0.106. The fourth-order valence-corrected chi connectivity index (χ4v) is 1.71. The van der Waals surface area contributed by atoms with Gasteiger partial charge in [-0.05, 0) is 23.8 Å². The molecular formula is C13H14BrNO4. The number of carboxylic acid groups (broad SMARTS) is 1. The first-order valence-electron chi connectivity index (χ1n) is 5.61. The number of hydrogen-bond donors (Lipinski definition) is 3. The van der Waals surface area contributed by atoms with E-state index < -0.39 is 12.1 Å². The van der Waals surface area contributed by atoms with E-state index in [0.717, 1.165) is 10.0 Å². The molecule has 0 saturated heterocycles. The lowest BCUT2D eigenvalue weighted by Gasteiger charge is -2.05. The fraction of sp³-hybridized carbons (Fsp3) is 0.231. The van der Waals surface area contributed by atoms with Crippen LogP contribution in [0.3, 0.4) is 0 Å². The summed E-state index contributed by atoms with van der Waals surface area (Å²) in [7, 11) is 0. The Morgan fingerprint density at radius 1 is 1.42 bits per heavy atom. The highest BCUT2D eigenvalue weighted by molar-refractivity contribution is 9.10. The van der Waals surface area contributed by atoms with E-state index in [1.165, 1.54) is 6.08 Å². The lowest BCUT2D eigenvalue weighted by atomic mass is 10.2. The molecule has 1 aromatic rings. The summed E-state index contributed by atoms with van der Waals surface area (Å²) in [6.07, 6.45) is 1.53. The summed E-state index contributed by atoms with van der Waals surface area (Å²) in [4.78, 5) is 21.8. The van der Waals surface area contributed by atoms with Crippen molar-refractivity contribution in [2.75, 3.05) is 6.54 Å². The highest BCUT2D eigenvalue weighted by Gasteiger charge is 2.12. The first kappa shape index (κ1) is 15.4. The highest BCUT2D eigenvalue weighted by atomic mass is 79.9. The molecule has 1 atom stereocenters. The third-order valence-electron chi connectivity index (χ3n) is 2.28. The zero-order chi connectivity index (χ0) is 14.3. The van der Waals surface area contributed by atoms with Crippen molar-refractivity contribution in [3.8, 4) is 0 Å². The van der Waals surface area contributed by atoms with Crippen LogP contribution in [0.25, 0.3) is 6.08 Å². The van der Waals surface area contributed by atoms with Gasteiger partial charge >= 0.3 is 5.97 Å². The van der Waals surface area contributed by atoms with Gasteiger partial charge in [0, 0.05) is 23.5 Å². The Hall–Kier alpha value is -1.66. The Kier molecular flexibility index (Phi) is 6.24. The molecule has 0 spiro atoms. The number of halogens is 1. The van der Waals surface area contributed by atoms with Crippen LogP contribution in [0.5, 0.6) is 0 Å². The van der Waals surface area contributed by atoms with Crippen LogP contribution in [-0.4, -0.2) is 34.7 Å². The van der Waals surface area contributed by atoms with Crippen molar-refractivity contribution in [2.45, 2.75) is 12.5 Å².